The number of carbonyl (C=O) groups is 1. The molecule has 3 N–H and O–H groups in total. The van der Waals surface area contributed by atoms with Crippen LogP contribution in [0.3, 0.4) is 0 Å². The molecule has 7 nitrogen and oxygen atoms in total. The molecule has 1 saturated heterocycles. The van der Waals surface area contributed by atoms with Gasteiger partial charge in [0.2, 0.25) is 5.91 Å². The van der Waals surface area contributed by atoms with Crippen LogP contribution < -0.4 is 10.6 Å². The fraction of sp³-hybridized carbons (Fsp3) is 0.889. The maximum absolute atomic E-state index is 12.7. The normalized spacial score (nSPS) is 21.6. The molecule has 0 atom stereocenters. The Hall–Kier alpha value is -0.610. The summed E-state index contributed by atoms with van der Waals surface area (Å²) < 4.78 is 5.31. The van der Waals surface area contributed by atoms with Crippen LogP contribution in [0.2, 0.25) is 0 Å². The fourth-order valence-electron chi connectivity index (χ4n) is 3.72. The summed E-state index contributed by atoms with van der Waals surface area (Å²) in [5, 5.41) is 17.1. The van der Waals surface area contributed by atoms with Crippen molar-refractivity contribution in [3.8, 4) is 0 Å². The Balaban J connectivity index is 0.00000338. The third-order valence-corrected chi connectivity index (χ3v) is 5.31. The summed E-state index contributed by atoms with van der Waals surface area (Å²) in [4.78, 5) is 18.9. The smallest absolute Gasteiger partial charge is 0.230 e. The summed E-state index contributed by atoms with van der Waals surface area (Å²) in [6.07, 6.45) is 5.23. The zero-order valence-corrected chi connectivity index (χ0v) is 18.7. The van der Waals surface area contributed by atoms with E-state index in [4.69, 9.17) is 4.74 Å². The average molecular weight is 482 g/mol. The maximum atomic E-state index is 12.7. The fourth-order valence-corrected chi connectivity index (χ4v) is 3.72. The second-order valence-corrected chi connectivity index (χ2v) is 7.57. The topological polar surface area (TPSA) is 86.2 Å². The lowest BCUT2D eigenvalue weighted by Crippen LogP contribution is -2.49. The zero-order chi connectivity index (χ0) is 18.3. The van der Waals surface area contributed by atoms with Crippen molar-refractivity contribution in [2.75, 3.05) is 46.9 Å². The molecule has 1 aliphatic heterocycles. The Labute approximate surface area is 174 Å². The molecule has 0 spiro atoms. The highest BCUT2D eigenvalue weighted by atomic mass is 127. The maximum Gasteiger partial charge on any atom is 0.230 e. The van der Waals surface area contributed by atoms with Crippen LogP contribution in [0, 0.1) is 5.41 Å². The number of aliphatic imine (C=N–C) groups is 1. The third kappa shape index (κ3) is 6.23. The van der Waals surface area contributed by atoms with Crippen molar-refractivity contribution >= 4 is 35.8 Å². The quantitative estimate of drug-likeness (QED) is 0.303. The van der Waals surface area contributed by atoms with Gasteiger partial charge in [-0.1, -0.05) is 12.8 Å². The van der Waals surface area contributed by atoms with Gasteiger partial charge < -0.3 is 25.4 Å². The summed E-state index contributed by atoms with van der Waals surface area (Å²) in [7, 11) is 3.64. The summed E-state index contributed by atoms with van der Waals surface area (Å²) in [6.45, 7) is 4.84. The predicted molar refractivity (Wildman–Crippen MR) is 114 cm³/mol. The minimum Gasteiger partial charge on any atom is -0.388 e. The minimum absolute atomic E-state index is 0. The molecule has 2 aliphatic rings. The Morgan fingerprint density at radius 2 is 1.77 bits per heavy atom. The first-order chi connectivity index (χ1) is 11.9. The van der Waals surface area contributed by atoms with E-state index in [2.05, 4.69) is 15.6 Å². The van der Waals surface area contributed by atoms with Gasteiger partial charge in [0.05, 0.1) is 17.6 Å². The molecule has 1 amide bonds. The molecular weight excluding hydrogens is 447 g/mol. The molecule has 0 aromatic heterocycles. The molecular formula is C18H35IN4O3. The number of nitrogens with one attached hydrogen (secondary N) is 2. The van der Waals surface area contributed by atoms with Crippen LogP contribution in [0.25, 0.3) is 0 Å². The molecule has 1 saturated carbocycles. The lowest BCUT2D eigenvalue weighted by molar-refractivity contribution is -0.138. The Kier molecular flexibility index (Phi) is 9.60. The van der Waals surface area contributed by atoms with Crippen LogP contribution in [0.15, 0.2) is 4.99 Å². The third-order valence-electron chi connectivity index (χ3n) is 5.31. The molecule has 8 heteroatoms. The second kappa shape index (κ2) is 10.7. The van der Waals surface area contributed by atoms with Crippen LogP contribution >= 0.6 is 24.0 Å². The highest BCUT2D eigenvalue weighted by molar-refractivity contribution is 14.0. The molecule has 152 valence electrons. The number of amides is 1. The van der Waals surface area contributed by atoms with E-state index in [9.17, 15) is 9.90 Å². The van der Waals surface area contributed by atoms with Gasteiger partial charge in [-0.3, -0.25) is 9.79 Å². The van der Waals surface area contributed by atoms with Crippen LogP contribution in [0.5, 0.6) is 0 Å². The van der Waals surface area contributed by atoms with Crippen LogP contribution in [0.1, 0.15) is 45.4 Å². The van der Waals surface area contributed by atoms with Crippen LogP contribution in [0.4, 0.5) is 0 Å². The van der Waals surface area contributed by atoms with E-state index in [1.165, 1.54) is 0 Å². The number of hydrogen-bond acceptors (Lipinski definition) is 4. The molecule has 0 bridgehead atoms. The van der Waals surface area contributed by atoms with Crippen molar-refractivity contribution in [3.05, 3.63) is 0 Å². The number of guanidine groups is 1. The number of aliphatic hydroxyl groups is 1. The van der Waals surface area contributed by atoms with Gasteiger partial charge in [-0.15, -0.1) is 24.0 Å². The summed E-state index contributed by atoms with van der Waals surface area (Å²) in [6, 6.07) is 0. The Morgan fingerprint density at radius 1 is 1.15 bits per heavy atom. The van der Waals surface area contributed by atoms with Gasteiger partial charge in [0.25, 0.3) is 0 Å². The number of halogens is 1. The Bertz CT molecular complexity index is 473. The number of nitrogens with zero attached hydrogens (tertiary/aromatic N) is 2. The number of carbonyl (C=O) groups excluding carboxylic acids is 1. The highest BCUT2D eigenvalue weighted by Gasteiger charge is 2.42. The first-order valence-corrected chi connectivity index (χ1v) is 9.45. The van der Waals surface area contributed by atoms with Gasteiger partial charge in [-0.2, -0.15) is 0 Å². The lowest BCUT2D eigenvalue weighted by atomic mass is 9.84. The molecule has 2 rings (SSSR count). The average Bonchev–Trinajstić information content (AvgIpc) is 3.07. The van der Waals surface area contributed by atoms with Crippen LogP contribution in [-0.4, -0.2) is 74.4 Å². The second-order valence-electron chi connectivity index (χ2n) is 7.57. The standard InChI is InChI=1S/C18H34N4O3.HI/c1-4-19-16(21-14-18(24)9-11-25-12-10-18)20-13-17(7-5-6-8-17)15(23)22(2)3;/h24H,4-14H2,1-3H3,(H2,19,20,21);1H. The SMILES string of the molecule is CCNC(=NCC1(O)CCOCC1)NCC1(C(=O)N(C)C)CCCC1.I. The monoisotopic (exact) mass is 482 g/mol. The first kappa shape index (κ1) is 23.4. The Morgan fingerprint density at radius 3 is 2.31 bits per heavy atom. The van der Waals surface area contributed by atoms with E-state index >= 15 is 0 Å². The van der Waals surface area contributed by atoms with Crippen LogP contribution in [-0.2, 0) is 9.53 Å². The number of hydrogen-bond donors (Lipinski definition) is 3. The van der Waals surface area contributed by atoms with Gasteiger partial charge in [-0.05, 0) is 19.8 Å². The molecule has 0 unspecified atom stereocenters. The zero-order valence-electron chi connectivity index (χ0n) is 16.3. The van der Waals surface area contributed by atoms with Gasteiger partial charge >= 0.3 is 0 Å². The molecule has 0 aromatic rings. The lowest BCUT2D eigenvalue weighted by Gasteiger charge is -2.32. The molecule has 1 heterocycles. The molecule has 0 aromatic carbocycles. The van der Waals surface area contributed by atoms with E-state index in [1.54, 1.807) is 4.90 Å². The van der Waals surface area contributed by atoms with E-state index in [-0.39, 0.29) is 35.3 Å². The van der Waals surface area contributed by atoms with Crippen molar-refractivity contribution in [1.29, 1.82) is 0 Å². The van der Waals surface area contributed by atoms with Gasteiger partial charge in [0.1, 0.15) is 0 Å². The van der Waals surface area contributed by atoms with Crippen molar-refractivity contribution in [2.24, 2.45) is 10.4 Å². The van der Waals surface area contributed by atoms with Crippen molar-refractivity contribution < 1.29 is 14.6 Å². The summed E-state index contributed by atoms with van der Waals surface area (Å²) in [5.41, 5.74) is -1.12. The molecule has 2 fully saturated rings. The summed E-state index contributed by atoms with van der Waals surface area (Å²) >= 11 is 0. The number of ether oxygens (including phenoxy) is 1. The molecule has 0 radical (unpaired) electrons. The molecule has 1 aliphatic carbocycles. The first-order valence-electron chi connectivity index (χ1n) is 9.45. The predicted octanol–water partition coefficient (Wildman–Crippen LogP) is 1.35. The van der Waals surface area contributed by atoms with Crippen molar-refractivity contribution in [1.82, 2.24) is 15.5 Å². The molecule has 26 heavy (non-hydrogen) atoms. The minimum atomic E-state index is -0.787. The van der Waals surface area contributed by atoms with E-state index in [0.29, 0.717) is 45.1 Å². The van der Waals surface area contributed by atoms with Gasteiger partial charge in [0, 0.05) is 53.2 Å². The highest BCUT2D eigenvalue weighted by Crippen LogP contribution is 2.38. The van der Waals surface area contributed by atoms with Crippen molar-refractivity contribution in [2.45, 2.75) is 51.0 Å². The number of rotatable bonds is 6. The van der Waals surface area contributed by atoms with E-state index in [0.717, 1.165) is 32.2 Å². The summed E-state index contributed by atoms with van der Waals surface area (Å²) in [5.74, 6) is 0.858. The van der Waals surface area contributed by atoms with Gasteiger partial charge in [0.15, 0.2) is 5.96 Å². The van der Waals surface area contributed by atoms with E-state index in [1.807, 2.05) is 21.0 Å². The van der Waals surface area contributed by atoms with Gasteiger partial charge in [-0.25, -0.2) is 0 Å². The largest absolute Gasteiger partial charge is 0.388 e. The van der Waals surface area contributed by atoms with Crippen molar-refractivity contribution in [3.63, 3.8) is 0 Å². The van der Waals surface area contributed by atoms with E-state index < -0.39 is 5.60 Å².